The van der Waals surface area contributed by atoms with E-state index in [1.165, 1.54) is 4.90 Å². The Labute approximate surface area is 117 Å². The van der Waals surface area contributed by atoms with Crippen LogP contribution in [-0.2, 0) is 4.79 Å². The van der Waals surface area contributed by atoms with Crippen LogP contribution in [0.1, 0.15) is 19.8 Å². The normalized spacial score (nSPS) is 21.6. The minimum absolute atomic E-state index is 0.412. The highest BCUT2D eigenvalue weighted by Gasteiger charge is 2.32. The molecule has 1 atom stereocenters. The monoisotopic (exact) mass is 296 g/mol. The Morgan fingerprint density at radius 2 is 1.65 bits per heavy atom. The lowest BCUT2D eigenvalue weighted by Gasteiger charge is -2.35. The Bertz CT molecular complexity index is 325. The van der Waals surface area contributed by atoms with E-state index in [9.17, 15) is 18.0 Å². The molecular formula is C12H23F3N4O. The lowest BCUT2D eigenvalue weighted by Crippen LogP contribution is -2.51. The standard InChI is InChI=1S/C12H23F3N4O/c1-11(17,10(16)20)3-2-4-18-5-7-19(8-6-18)9-12(13,14)15/h2-9,17H2,1H3,(H2,16,20). The van der Waals surface area contributed by atoms with Gasteiger partial charge in [0.2, 0.25) is 5.91 Å². The van der Waals surface area contributed by atoms with Crippen molar-refractivity contribution in [1.29, 1.82) is 0 Å². The van der Waals surface area contributed by atoms with Gasteiger partial charge in [-0.3, -0.25) is 9.69 Å². The number of hydrogen-bond acceptors (Lipinski definition) is 4. The average Bonchev–Trinajstić information content (AvgIpc) is 2.29. The van der Waals surface area contributed by atoms with Gasteiger partial charge in [0.25, 0.3) is 0 Å². The third-order valence-corrected chi connectivity index (χ3v) is 3.60. The van der Waals surface area contributed by atoms with Crippen LogP contribution in [0.4, 0.5) is 13.2 Å². The molecule has 1 aliphatic heterocycles. The Hall–Kier alpha value is -0.860. The van der Waals surface area contributed by atoms with Crippen LogP contribution in [0.5, 0.6) is 0 Å². The van der Waals surface area contributed by atoms with Crippen LogP contribution < -0.4 is 11.5 Å². The van der Waals surface area contributed by atoms with Gasteiger partial charge < -0.3 is 16.4 Å². The first kappa shape index (κ1) is 17.2. The van der Waals surface area contributed by atoms with Gasteiger partial charge in [-0.2, -0.15) is 13.2 Å². The molecule has 1 heterocycles. The van der Waals surface area contributed by atoms with E-state index in [4.69, 9.17) is 11.5 Å². The van der Waals surface area contributed by atoms with E-state index in [2.05, 4.69) is 4.90 Å². The molecule has 1 rings (SSSR count). The van der Waals surface area contributed by atoms with E-state index in [0.29, 0.717) is 39.0 Å². The summed E-state index contributed by atoms with van der Waals surface area (Å²) in [5.74, 6) is -0.535. The maximum atomic E-state index is 12.2. The van der Waals surface area contributed by atoms with Gasteiger partial charge in [-0.05, 0) is 26.3 Å². The first-order valence-corrected chi connectivity index (χ1v) is 6.70. The van der Waals surface area contributed by atoms with Gasteiger partial charge in [-0.15, -0.1) is 0 Å². The van der Waals surface area contributed by atoms with E-state index in [-0.39, 0.29) is 0 Å². The van der Waals surface area contributed by atoms with Crippen molar-refractivity contribution in [2.24, 2.45) is 11.5 Å². The number of piperazine rings is 1. The molecule has 0 saturated carbocycles. The SMILES string of the molecule is CC(N)(CCCN1CCN(CC(F)(F)F)CC1)C(N)=O. The van der Waals surface area contributed by atoms with Gasteiger partial charge in [-0.25, -0.2) is 0 Å². The predicted molar refractivity (Wildman–Crippen MR) is 70.0 cm³/mol. The van der Waals surface area contributed by atoms with Crippen LogP contribution >= 0.6 is 0 Å². The number of primary amides is 1. The maximum Gasteiger partial charge on any atom is 0.401 e. The second kappa shape index (κ2) is 6.73. The fourth-order valence-corrected chi connectivity index (χ4v) is 2.22. The number of nitrogens with zero attached hydrogens (tertiary/aromatic N) is 2. The predicted octanol–water partition coefficient (Wildman–Crippen LogP) is 0.149. The molecule has 1 aliphatic rings. The Kier molecular flexibility index (Phi) is 5.79. The molecule has 118 valence electrons. The van der Waals surface area contributed by atoms with E-state index in [1.54, 1.807) is 6.92 Å². The number of carbonyl (C=O) groups excluding carboxylic acids is 1. The Morgan fingerprint density at radius 1 is 1.15 bits per heavy atom. The average molecular weight is 296 g/mol. The number of halogens is 3. The third-order valence-electron chi connectivity index (χ3n) is 3.60. The van der Waals surface area contributed by atoms with E-state index >= 15 is 0 Å². The van der Waals surface area contributed by atoms with Gasteiger partial charge in [0, 0.05) is 26.2 Å². The molecule has 0 aromatic rings. The lowest BCUT2D eigenvalue weighted by molar-refractivity contribution is -0.149. The number of amides is 1. The van der Waals surface area contributed by atoms with E-state index < -0.39 is 24.2 Å². The fourth-order valence-electron chi connectivity index (χ4n) is 2.22. The third kappa shape index (κ3) is 6.06. The van der Waals surface area contributed by atoms with Crippen LogP contribution in [0.2, 0.25) is 0 Å². The molecule has 4 N–H and O–H groups in total. The van der Waals surface area contributed by atoms with Crippen molar-refractivity contribution in [2.75, 3.05) is 39.3 Å². The Balaban J connectivity index is 2.22. The summed E-state index contributed by atoms with van der Waals surface area (Å²) < 4.78 is 36.7. The number of nitrogens with two attached hydrogens (primary N) is 2. The van der Waals surface area contributed by atoms with Gasteiger partial charge in [0.05, 0.1) is 12.1 Å². The van der Waals surface area contributed by atoms with E-state index in [1.807, 2.05) is 0 Å². The van der Waals surface area contributed by atoms with Crippen molar-refractivity contribution in [3.63, 3.8) is 0 Å². The fraction of sp³-hybridized carbons (Fsp3) is 0.917. The van der Waals surface area contributed by atoms with Gasteiger partial charge >= 0.3 is 6.18 Å². The zero-order valence-electron chi connectivity index (χ0n) is 11.7. The number of carbonyl (C=O) groups is 1. The van der Waals surface area contributed by atoms with Crippen molar-refractivity contribution in [3.8, 4) is 0 Å². The molecule has 1 unspecified atom stereocenters. The van der Waals surface area contributed by atoms with Crippen LogP contribution in [0.25, 0.3) is 0 Å². The van der Waals surface area contributed by atoms with Crippen LogP contribution in [0.3, 0.4) is 0 Å². The van der Waals surface area contributed by atoms with Crippen LogP contribution in [0, 0.1) is 0 Å². The van der Waals surface area contributed by atoms with E-state index in [0.717, 1.165) is 6.54 Å². The molecule has 0 aromatic carbocycles. The number of alkyl halides is 3. The highest BCUT2D eigenvalue weighted by Crippen LogP contribution is 2.17. The van der Waals surface area contributed by atoms with Crippen LogP contribution in [0.15, 0.2) is 0 Å². The quantitative estimate of drug-likeness (QED) is 0.731. The highest BCUT2D eigenvalue weighted by atomic mass is 19.4. The summed E-state index contributed by atoms with van der Waals surface area (Å²) in [6.07, 6.45) is -2.95. The molecule has 0 aromatic heterocycles. The first-order valence-electron chi connectivity index (χ1n) is 6.70. The molecule has 8 heteroatoms. The van der Waals surface area contributed by atoms with Crippen LogP contribution in [-0.4, -0.2) is 66.7 Å². The molecule has 1 fully saturated rings. The Morgan fingerprint density at radius 3 is 2.10 bits per heavy atom. The second-order valence-corrected chi connectivity index (χ2v) is 5.62. The topological polar surface area (TPSA) is 75.6 Å². The van der Waals surface area contributed by atoms with Crippen molar-refractivity contribution >= 4 is 5.91 Å². The molecule has 0 spiro atoms. The van der Waals surface area contributed by atoms with Gasteiger partial charge in [0.15, 0.2) is 0 Å². The summed E-state index contributed by atoms with van der Waals surface area (Å²) >= 11 is 0. The lowest BCUT2D eigenvalue weighted by atomic mass is 9.96. The number of rotatable bonds is 6. The molecular weight excluding hydrogens is 273 g/mol. The summed E-state index contributed by atoms with van der Waals surface area (Å²) in [5.41, 5.74) is 9.90. The summed E-state index contributed by atoms with van der Waals surface area (Å²) in [4.78, 5) is 14.5. The smallest absolute Gasteiger partial charge is 0.368 e. The van der Waals surface area contributed by atoms with Crippen molar-refractivity contribution in [3.05, 3.63) is 0 Å². The second-order valence-electron chi connectivity index (χ2n) is 5.62. The molecule has 1 saturated heterocycles. The van der Waals surface area contributed by atoms with Crippen molar-refractivity contribution < 1.29 is 18.0 Å². The zero-order chi connectivity index (χ0) is 15.4. The molecule has 1 amide bonds. The van der Waals surface area contributed by atoms with Crippen molar-refractivity contribution in [2.45, 2.75) is 31.5 Å². The molecule has 0 aliphatic carbocycles. The van der Waals surface area contributed by atoms with Crippen molar-refractivity contribution in [1.82, 2.24) is 9.80 Å². The van der Waals surface area contributed by atoms with Gasteiger partial charge in [-0.1, -0.05) is 0 Å². The minimum Gasteiger partial charge on any atom is -0.368 e. The zero-order valence-corrected chi connectivity index (χ0v) is 11.7. The molecule has 20 heavy (non-hydrogen) atoms. The van der Waals surface area contributed by atoms with Gasteiger partial charge in [0.1, 0.15) is 0 Å². The summed E-state index contributed by atoms with van der Waals surface area (Å²) in [5, 5.41) is 0. The maximum absolute atomic E-state index is 12.2. The number of hydrogen-bond donors (Lipinski definition) is 2. The minimum atomic E-state index is -4.13. The highest BCUT2D eigenvalue weighted by molar-refractivity contribution is 5.83. The summed E-state index contributed by atoms with van der Waals surface area (Å²) in [6, 6.07) is 0. The molecule has 0 bridgehead atoms. The first-order chi connectivity index (χ1) is 9.10. The largest absolute Gasteiger partial charge is 0.401 e. The molecule has 0 radical (unpaired) electrons. The summed E-state index contributed by atoms with van der Waals surface area (Å²) in [6.45, 7) is 3.51. The molecule has 5 nitrogen and oxygen atoms in total. The summed E-state index contributed by atoms with van der Waals surface area (Å²) in [7, 11) is 0.